The number of carboxylic acid groups (broad SMARTS) is 1. The molecule has 6 heteroatoms. The number of carboxylic acids is 1. The fourth-order valence-electron chi connectivity index (χ4n) is 2.52. The first-order valence-electron chi connectivity index (χ1n) is 7.42. The summed E-state index contributed by atoms with van der Waals surface area (Å²) >= 11 is 0. The second kappa shape index (κ2) is 7.06. The highest BCUT2D eigenvalue weighted by Gasteiger charge is 2.34. The first-order chi connectivity index (χ1) is 10.5. The molecule has 1 heterocycles. The summed E-state index contributed by atoms with van der Waals surface area (Å²) in [5.41, 5.74) is 1.37. The van der Waals surface area contributed by atoms with Gasteiger partial charge in [0.25, 0.3) is 5.91 Å². The summed E-state index contributed by atoms with van der Waals surface area (Å²) in [6.45, 7) is 2.68. The second-order valence-corrected chi connectivity index (χ2v) is 5.32. The fraction of sp³-hybridized carbons (Fsp3) is 0.438. The van der Waals surface area contributed by atoms with Crippen LogP contribution in [0.4, 0.5) is 0 Å². The molecular weight excluding hydrogens is 284 g/mol. The molecule has 1 aromatic rings. The van der Waals surface area contributed by atoms with Gasteiger partial charge in [-0.1, -0.05) is 19.1 Å². The van der Waals surface area contributed by atoms with Gasteiger partial charge in [-0.3, -0.25) is 9.59 Å². The van der Waals surface area contributed by atoms with Gasteiger partial charge in [-0.05, 0) is 30.5 Å². The van der Waals surface area contributed by atoms with Crippen molar-refractivity contribution in [2.45, 2.75) is 38.8 Å². The van der Waals surface area contributed by atoms with Crippen molar-refractivity contribution < 1.29 is 19.5 Å². The lowest BCUT2D eigenvalue weighted by atomic mass is 10.1. The summed E-state index contributed by atoms with van der Waals surface area (Å²) in [4.78, 5) is 36.1. The molecule has 0 aliphatic carbocycles. The maximum absolute atomic E-state index is 12.4. The van der Waals surface area contributed by atoms with Crippen LogP contribution in [0.3, 0.4) is 0 Å². The molecule has 0 spiro atoms. The normalized spacial score (nSPS) is 17.3. The summed E-state index contributed by atoms with van der Waals surface area (Å²) in [6.07, 6.45) is 1.65. The number of hydrogen-bond acceptors (Lipinski definition) is 3. The van der Waals surface area contributed by atoms with Crippen molar-refractivity contribution in [1.29, 1.82) is 0 Å². The SMILES string of the molecule is CCC(=O)NCc1ccc(C(=O)N2CCCC2C(=O)O)cc1. The van der Waals surface area contributed by atoms with Crippen LogP contribution in [-0.4, -0.2) is 40.4 Å². The van der Waals surface area contributed by atoms with E-state index in [2.05, 4.69) is 5.32 Å². The Kier molecular flexibility index (Phi) is 5.14. The first kappa shape index (κ1) is 16.0. The number of hydrogen-bond donors (Lipinski definition) is 2. The predicted octanol–water partition coefficient (Wildman–Crippen LogP) is 1.40. The van der Waals surface area contributed by atoms with E-state index >= 15 is 0 Å². The van der Waals surface area contributed by atoms with Crippen LogP contribution in [0.2, 0.25) is 0 Å². The zero-order chi connectivity index (χ0) is 16.1. The third kappa shape index (κ3) is 3.63. The lowest BCUT2D eigenvalue weighted by Crippen LogP contribution is -2.40. The molecule has 1 aliphatic rings. The topological polar surface area (TPSA) is 86.7 Å². The summed E-state index contributed by atoms with van der Waals surface area (Å²) in [6, 6.07) is 6.17. The van der Waals surface area contributed by atoms with Crippen LogP contribution in [0.25, 0.3) is 0 Å². The van der Waals surface area contributed by atoms with Crippen molar-refractivity contribution >= 4 is 17.8 Å². The molecule has 118 valence electrons. The Morgan fingerprint density at radius 3 is 2.55 bits per heavy atom. The lowest BCUT2D eigenvalue weighted by Gasteiger charge is -2.21. The zero-order valence-corrected chi connectivity index (χ0v) is 12.5. The molecule has 0 saturated carbocycles. The third-order valence-electron chi connectivity index (χ3n) is 3.81. The molecule has 22 heavy (non-hydrogen) atoms. The van der Waals surface area contributed by atoms with E-state index in [1.54, 1.807) is 31.2 Å². The van der Waals surface area contributed by atoms with E-state index in [9.17, 15) is 14.4 Å². The minimum absolute atomic E-state index is 0.0264. The number of aliphatic carboxylic acids is 1. The number of likely N-dealkylation sites (tertiary alicyclic amines) is 1. The lowest BCUT2D eigenvalue weighted by molar-refractivity contribution is -0.141. The molecule has 1 unspecified atom stereocenters. The van der Waals surface area contributed by atoms with Crippen molar-refractivity contribution in [3.8, 4) is 0 Å². The Labute approximate surface area is 129 Å². The number of nitrogens with one attached hydrogen (secondary N) is 1. The molecule has 2 rings (SSSR count). The molecule has 6 nitrogen and oxygen atoms in total. The van der Waals surface area contributed by atoms with Gasteiger partial charge in [0.1, 0.15) is 6.04 Å². The second-order valence-electron chi connectivity index (χ2n) is 5.32. The van der Waals surface area contributed by atoms with Crippen molar-refractivity contribution in [2.75, 3.05) is 6.54 Å². The van der Waals surface area contributed by atoms with Gasteiger partial charge in [0, 0.05) is 25.1 Å². The Balaban J connectivity index is 2.02. The Morgan fingerprint density at radius 1 is 1.27 bits per heavy atom. The minimum atomic E-state index is -0.954. The van der Waals surface area contributed by atoms with Gasteiger partial charge in [0.15, 0.2) is 0 Å². The quantitative estimate of drug-likeness (QED) is 0.861. The molecular formula is C16H20N2O4. The Hall–Kier alpha value is -2.37. The van der Waals surface area contributed by atoms with Gasteiger partial charge in [-0.15, -0.1) is 0 Å². The monoisotopic (exact) mass is 304 g/mol. The first-order valence-corrected chi connectivity index (χ1v) is 7.42. The van der Waals surface area contributed by atoms with E-state index < -0.39 is 12.0 Å². The number of carbonyl (C=O) groups excluding carboxylic acids is 2. The van der Waals surface area contributed by atoms with Gasteiger partial charge in [0.2, 0.25) is 5.91 Å². The minimum Gasteiger partial charge on any atom is -0.480 e. The highest BCUT2D eigenvalue weighted by atomic mass is 16.4. The highest BCUT2D eigenvalue weighted by Crippen LogP contribution is 2.20. The van der Waals surface area contributed by atoms with Crippen LogP contribution < -0.4 is 5.32 Å². The summed E-state index contributed by atoms with van der Waals surface area (Å²) in [7, 11) is 0. The summed E-state index contributed by atoms with van der Waals surface area (Å²) < 4.78 is 0. The maximum atomic E-state index is 12.4. The van der Waals surface area contributed by atoms with E-state index in [0.29, 0.717) is 37.9 Å². The number of rotatable bonds is 5. The van der Waals surface area contributed by atoms with Crippen molar-refractivity contribution in [3.63, 3.8) is 0 Å². The van der Waals surface area contributed by atoms with Crippen LogP contribution in [0.15, 0.2) is 24.3 Å². The maximum Gasteiger partial charge on any atom is 0.326 e. The molecule has 1 atom stereocenters. The smallest absolute Gasteiger partial charge is 0.326 e. The molecule has 1 aliphatic heterocycles. The summed E-state index contributed by atoms with van der Waals surface area (Å²) in [5, 5.41) is 11.9. The van der Waals surface area contributed by atoms with Gasteiger partial charge in [-0.25, -0.2) is 4.79 Å². The standard InChI is InChI=1S/C16H20N2O4/c1-2-14(19)17-10-11-5-7-12(8-6-11)15(20)18-9-3-4-13(18)16(21)22/h5-8,13H,2-4,9-10H2,1H3,(H,17,19)(H,21,22). The molecule has 2 amide bonds. The zero-order valence-electron chi connectivity index (χ0n) is 12.5. The number of benzene rings is 1. The average Bonchev–Trinajstić information content (AvgIpc) is 3.02. The van der Waals surface area contributed by atoms with E-state index in [0.717, 1.165) is 5.56 Å². The van der Waals surface area contributed by atoms with E-state index in [1.165, 1.54) is 4.90 Å². The summed E-state index contributed by atoms with van der Waals surface area (Å²) in [5.74, 6) is -1.24. The van der Waals surface area contributed by atoms with Gasteiger partial charge in [0.05, 0.1) is 0 Å². The van der Waals surface area contributed by atoms with Crippen molar-refractivity contribution in [2.24, 2.45) is 0 Å². The molecule has 0 radical (unpaired) electrons. The molecule has 0 bridgehead atoms. The van der Waals surface area contributed by atoms with Crippen LogP contribution >= 0.6 is 0 Å². The van der Waals surface area contributed by atoms with E-state index in [4.69, 9.17) is 5.11 Å². The number of carbonyl (C=O) groups is 3. The van der Waals surface area contributed by atoms with Crippen LogP contribution in [0.5, 0.6) is 0 Å². The molecule has 1 fully saturated rings. The van der Waals surface area contributed by atoms with Crippen LogP contribution in [0.1, 0.15) is 42.1 Å². The molecule has 1 saturated heterocycles. The molecule has 2 N–H and O–H groups in total. The average molecular weight is 304 g/mol. The fourth-order valence-corrected chi connectivity index (χ4v) is 2.52. The Morgan fingerprint density at radius 2 is 1.95 bits per heavy atom. The van der Waals surface area contributed by atoms with Crippen LogP contribution in [0, 0.1) is 0 Å². The van der Waals surface area contributed by atoms with Crippen molar-refractivity contribution in [1.82, 2.24) is 10.2 Å². The van der Waals surface area contributed by atoms with Crippen molar-refractivity contribution in [3.05, 3.63) is 35.4 Å². The third-order valence-corrected chi connectivity index (χ3v) is 3.81. The van der Waals surface area contributed by atoms with Gasteiger partial charge in [-0.2, -0.15) is 0 Å². The van der Waals surface area contributed by atoms with E-state index in [-0.39, 0.29) is 11.8 Å². The number of nitrogens with zero attached hydrogens (tertiary/aromatic N) is 1. The predicted molar refractivity (Wildman–Crippen MR) is 80.3 cm³/mol. The van der Waals surface area contributed by atoms with E-state index in [1.807, 2.05) is 0 Å². The largest absolute Gasteiger partial charge is 0.480 e. The van der Waals surface area contributed by atoms with Gasteiger partial charge >= 0.3 is 5.97 Å². The molecule has 1 aromatic carbocycles. The Bertz CT molecular complexity index is 568. The van der Waals surface area contributed by atoms with Gasteiger partial charge < -0.3 is 15.3 Å². The number of amides is 2. The molecule has 0 aromatic heterocycles. The van der Waals surface area contributed by atoms with Crippen LogP contribution in [-0.2, 0) is 16.1 Å². The highest BCUT2D eigenvalue weighted by molar-refractivity contribution is 5.97.